The van der Waals surface area contributed by atoms with E-state index in [1.54, 1.807) is 48.5 Å². The van der Waals surface area contributed by atoms with E-state index in [-0.39, 0.29) is 11.0 Å². The number of halogens is 1. The second-order valence-corrected chi connectivity index (χ2v) is 7.35. The van der Waals surface area contributed by atoms with Crippen LogP contribution in [0.3, 0.4) is 0 Å². The third-order valence-corrected chi connectivity index (χ3v) is 4.08. The summed E-state index contributed by atoms with van der Waals surface area (Å²) in [5.41, 5.74) is 2.98. The van der Waals surface area contributed by atoms with E-state index in [1.165, 1.54) is 5.01 Å². The van der Waals surface area contributed by atoms with E-state index in [9.17, 15) is 9.59 Å². The van der Waals surface area contributed by atoms with Crippen molar-refractivity contribution in [1.82, 2.24) is 15.8 Å². The van der Waals surface area contributed by atoms with Gasteiger partial charge >= 0.3 is 0 Å². The minimum atomic E-state index is -0.560. The van der Waals surface area contributed by atoms with Gasteiger partial charge in [0.1, 0.15) is 0 Å². The quantitative estimate of drug-likeness (QED) is 0.605. The molecular weight excluding hydrogens is 370 g/mol. The predicted molar refractivity (Wildman–Crippen MR) is 107 cm³/mol. The van der Waals surface area contributed by atoms with Crippen LogP contribution in [0.1, 0.15) is 41.5 Å². The second-order valence-electron chi connectivity index (χ2n) is 6.55. The number of carbonyl (C=O) groups is 2. The smallest absolute Gasteiger partial charge is 0.269 e. The topological polar surface area (TPSA) is 61.4 Å². The first kappa shape index (κ1) is 19.9. The maximum atomic E-state index is 12.5. The van der Waals surface area contributed by atoms with Crippen LogP contribution in [0.2, 0.25) is 5.02 Å². The number of rotatable bonds is 2. The van der Waals surface area contributed by atoms with Gasteiger partial charge in [-0.2, -0.15) is 0 Å². The van der Waals surface area contributed by atoms with Crippen LogP contribution in [0.15, 0.2) is 54.6 Å². The number of hydrazine groups is 1. The summed E-state index contributed by atoms with van der Waals surface area (Å²) in [4.78, 5) is 24.9. The fraction of sp³-hybridized carbons (Fsp3) is 0.211. The van der Waals surface area contributed by atoms with E-state index in [2.05, 4.69) is 10.7 Å². The lowest BCUT2D eigenvalue weighted by molar-refractivity contribution is 0.0761. The highest BCUT2D eigenvalue weighted by molar-refractivity contribution is 7.80. The number of carbonyl (C=O) groups excluding carboxylic acids is 2. The zero-order valence-corrected chi connectivity index (χ0v) is 16.3. The van der Waals surface area contributed by atoms with Crippen molar-refractivity contribution in [3.05, 3.63) is 70.7 Å². The summed E-state index contributed by atoms with van der Waals surface area (Å²) in [6, 6.07) is 15.4. The van der Waals surface area contributed by atoms with Crippen LogP contribution >= 0.6 is 23.8 Å². The molecule has 0 heterocycles. The monoisotopic (exact) mass is 389 g/mol. The maximum absolute atomic E-state index is 12.5. The molecule has 0 unspecified atom stereocenters. The Balaban J connectivity index is 2.16. The Morgan fingerprint density at radius 3 is 2.12 bits per heavy atom. The molecule has 0 aliphatic carbocycles. The van der Waals surface area contributed by atoms with Crippen molar-refractivity contribution in [2.75, 3.05) is 0 Å². The van der Waals surface area contributed by atoms with E-state index in [4.69, 9.17) is 23.8 Å². The van der Waals surface area contributed by atoms with Crippen LogP contribution < -0.4 is 10.7 Å². The molecule has 0 fully saturated rings. The molecule has 2 N–H and O–H groups in total. The fourth-order valence-electron chi connectivity index (χ4n) is 2.14. The number of nitrogens with one attached hydrogen (secondary N) is 2. The number of benzene rings is 2. The van der Waals surface area contributed by atoms with Gasteiger partial charge in [-0.1, -0.05) is 41.9 Å². The average molecular weight is 390 g/mol. The van der Waals surface area contributed by atoms with E-state index < -0.39 is 11.4 Å². The molecule has 2 aromatic carbocycles. The Labute approximate surface area is 163 Å². The van der Waals surface area contributed by atoms with Crippen LogP contribution in [0.5, 0.6) is 0 Å². The van der Waals surface area contributed by atoms with Gasteiger partial charge in [0, 0.05) is 5.56 Å². The molecule has 0 aromatic heterocycles. The summed E-state index contributed by atoms with van der Waals surface area (Å²) in [5.74, 6) is -0.765. The van der Waals surface area contributed by atoms with Crippen molar-refractivity contribution in [2.24, 2.45) is 0 Å². The van der Waals surface area contributed by atoms with Gasteiger partial charge in [-0.05, 0) is 57.3 Å². The lowest BCUT2D eigenvalue weighted by Crippen LogP contribution is -2.59. The minimum absolute atomic E-state index is 0.0756. The van der Waals surface area contributed by atoms with Crippen LogP contribution in [0.25, 0.3) is 0 Å². The number of amides is 2. The second kappa shape index (κ2) is 8.29. The Kier molecular flexibility index (Phi) is 6.34. The standard InChI is InChI=1S/C19H20ClN3O2S/c1-19(2,3)23(22-16(24)13-9-5-4-6-10-13)18(26)21-17(25)14-11-7-8-12-15(14)20/h4-12H,1-3H3,(H,22,24)(H,21,25,26). The van der Waals surface area contributed by atoms with Gasteiger partial charge in [0.2, 0.25) is 0 Å². The van der Waals surface area contributed by atoms with Gasteiger partial charge < -0.3 is 0 Å². The van der Waals surface area contributed by atoms with Crippen LogP contribution in [0, 0.1) is 0 Å². The Morgan fingerprint density at radius 1 is 0.962 bits per heavy atom. The molecule has 0 radical (unpaired) electrons. The molecular formula is C19H20ClN3O2S. The summed E-state index contributed by atoms with van der Waals surface area (Å²) in [7, 11) is 0. The van der Waals surface area contributed by atoms with Crippen molar-refractivity contribution in [3.63, 3.8) is 0 Å². The molecule has 2 aromatic rings. The SMILES string of the molecule is CC(C)(C)N(NC(=O)c1ccccc1)C(=S)NC(=O)c1ccccc1Cl. The molecule has 0 atom stereocenters. The first-order valence-electron chi connectivity index (χ1n) is 7.96. The first-order valence-corrected chi connectivity index (χ1v) is 8.75. The molecule has 5 nitrogen and oxygen atoms in total. The Morgan fingerprint density at radius 2 is 1.54 bits per heavy atom. The molecule has 0 saturated heterocycles. The molecule has 0 saturated carbocycles. The molecule has 0 aliphatic heterocycles. The molecule has 2 amide bonds. The summed E-state index contributed by atoms with van der Waals surface area (Å²) in [6.45, 7) is 5.60. The lowest BCUT2D eigenvalue weighted by Gasteiger charge is -2.37. The Hall–Kier alpha value is -2.44. The van der Waals surface area contributed by atoms with Crippen molar-refractivity contribution in [1.29, 1.82) is 0 Å². The number of hydrogen-bond acceptors (Lipinski definition) is 3. The van der Waals surface area contributed by atoms with Gasteiger partial charge in [-0.3, -0.25) is 25.3 Å². The van der Waals surface area contributed by atoms with E-state index in [1.807, 2.05) is 26.8 Å². The first-order chi connectivity index (χ1) is 12.2. The zero-order chi connectivity index (χ0) is 19.3. The zero-order valence-electron chi connectivity index (χ0n) is 14.7. The predicted octanol–water partition coefficient (Wildman–Crippen LogP) is 3.80. The van der Waals surface area contributed by atoms with Gasteiger partial charge in [0.15, 0.2) is 5.11 Å². The Bertz CT molecular complexity index is 819. The van der Waals surface area contributed by atoms with Crippen molar-refractivity contribution in [2.45, 2.75) is 26.3 Å². The largest absolute Gasteiger partial charge is 0.297 e. The average Bonchev–Trinajstić information content (AvgIpc) is 2.59. The van der Waals surface area contributed by atoms with E-state index in [0.29, 0.717) is 16.1 Å². The molecule has 0 aliphatic rings. The minimum Gasteiger partial charge on any atom is -0.297 e. The summed E-state index contributed by atoms with van der Waals surface area (Å²) < 4.78 is 0. The summed E-state index contributed by atoms with van der Waals surface area (Å²) in [5, 5.41) is 4.47. The molecule has 0 bridgehead atoms. The molecule has 2 rings (SSSR count). The third kappa shape index (κ3) is 5.03. The normalized spacial score (nSPS) is 10.8. The van der Waals surface area contributed by atoms with Crippen molar-refractivity contribution < 1.29 is 9.59 Å². The number of thiocarbonyl (C=S) groups is 1. The molecule has 7 heteroatoms. The fourth-order valence-corrected chi connectivity index (χ4v) is 2.78. The van der Waals surface area contributed by atoms with Gasteiger partial charge in [-0.15, -0.1) is 0 Å². The van der Waals surface area contributed by atoms with Gasteiger partial charge in [-0.25, -0.2) is 0 Å². The highest BCUT2D eigenvalue weighted by Gasteiger charge is 2.27. The number of nitrogens with zero attached hydrogens (tertiary/aromatic N) is 1. The van der Waals surface area contributed by atoms with E-state index in [0.717, 1.165) is 0 Å². The van der Waals surface area contributed by atoms with Crippen LogP contribution in [-0.4, -0.2) is 27.5 Å². The van der Waals surface area contributed by atoms with Crippen LogP contribution in [0.4, 0.5) is 0 Å². The van der Waals surface area contributed by atoms with Gasteiger partial charge in [0.25, 0.3) is 11.8 Å². The van der Waals surface area contributed by atoms with Crippen molar-refractivity contribution in [3.8, 4) is 0 Å². The third-order valence-electron chi connectivity index (χ3n) is 3.46. The highest BCUT2D eigenvalue weighted by Crippen LogP contribution is 2.16. The van der Waals surface area contributed by atoms with E-state index >= 15 is 0 Å². The van der Waals surface area contributed by atoms with Crippen LogP contribution in [-0.2, 0) is 0 Å². The summed E-state index contributed by atoms with van der Waals surface area (Å²) >= 11 is 11.4. The molecule has 136 valence electrons. The maximum Gasteiger partial charge on any atom is 0.269 e. The highest BCUT2D eigenvalue weighted by atomic mass is 35.5. The molecule has 0 spiro atoms. The van der Waals surface area contributed by atoms with Gasteiger partial charge in [0.05, 0.1) is 16.1 Å². The summed E-state index contributed by atoms with van der Waals surface area (Å²) in [6.07, 6.45) is 0. The van der Waals surface area contributed by atoms with Crippen molar-refractivity contribution >= 4 is 40.7 Å². The number of hydrogen-bond donors (Lipinski definition) is 2. The molecule has 26 heavy (non-hydrogen) atoms. The lowest BCUT2D eigenvalue weighted by atomic mass is 10.1.